The summed E-state index contributed by atoms with van der Waals surface area (Å²) < 4.78 is 17.0. The van der Waals surface area contributed by atoms with Crippen molar-refractivity contribution in [1.29, 1.82) is 0 Å². The summed E-state index contributed by atoms with van der Waals surface area (Å²) in [4.78, 5) is 11.3. The van der Waals surface area contributed by atoms with Gasteiger partial charge in [-0.3, -0.25) is 0 Å². The molecule has 0 radical (unpaired) electrons. The topological polar surface area (TPSA) is 114 Å². The summed E-state index contributed by atoms with van der Waals surface area (Å²) in [6.07, 6.45) is 3.05. The second-order valence-corrected chi connectivity index (χ2v) is 12.1. The van der Waals surface area contributed by atoms with Crippen molar-refractivity contribution in [2.75, 3.05) is 0 Å². The number of benzene rings is 3. The lowest BCUT2D eigenvalue weighted by Crippen LogP contribution is -2.40. The van der Waals surface area contributed by atoms with E-state index in [2.05, 4.69) is 15.4 Å². The minimum Gasteiger partial charge on any atom is -0.489 e. The SMILES string of the molecule is O=c1[nH]nc(-c2cccc(C3CC(O)(c4ccc(OCc5c(-c6c(Cl)cccc6Cl)noc5C5CC5)cc4Cl)C3)c2)o1. The predicted molar refractivity (Wildman–Crippen MR) is 158 cm³/mol. The highest BCUT2D eigenvalue weighted by Gasteiger charge is 2.45. The van der Waals surface area contributed by atoms with Crippen LogP contribution in [-0.2, 0) is 12.2 Å². The van der Waals surface area contributed by atoms with Crippen LogP contribution in [0.15, 0.2) is 74.4 Å². The second kappa shape index (κ2) is 10.6. The first-order valence-electron chi connectivity index (χ1n) is 13.5. The van der Waals surface area contributed by atoms with E-state index in [-0.39, 0.29) is 18.4 Å². The molecule has 0 amide bonds. The van der Waals surface area contributed by atoms with Gasteiger partial charge in [-0.1, -0.05) is 64.2 Å². The summed E-state index contributed by atoms with van der Waals surface area (Å²) in [6.45, 7) is 0.195. The number of nitrogens with one attached hydrogen (secondary N) is 1. The van der Waals surface area contributed by atoms with Crippen LogP contribution in [0.5, 0.6) is 5.75 Å². The number of H-pyrrole nitrogens is 1. The first kappa shape index (κ1) is 27.3. The number of rotatable bonds is 8. The molecule has 3 aromatic carbocycles. The quantitative estimate of drug-likeness (QED) is 0.181. The van der Waals surface area contributed by atoms with Crippen LogP contribution in [0.3, 0.4) is 0 Å². The summed E-state index contributed by atoms with van der Waals surface area (Å²) in [5.41, 5.74) is 3.29. The third-order valence-electron chi connectivity index (χ3n) is 8.00. The largest absolute Gasteiger partial charge is 0.489 e. The van der Waals surface area contributed by atoms with Crippen LogP contribution in [0, 0.1) is 0 Å². The molecule has 2 heterocycles. The highest BCUT2D eigenvalue weighted by Crippen LogP contribution is 2.53. The molecule has 2 saturated carbocycles. The number of aromatic nitrogens is 3. The average Bonchev–Trinajstić information content (AvgIpc) is 3.57. The van der Waals surface area contributed by atoms with Gasteiger partial charge in [0.1, 0.15) is 23.8 Å². The Morgan fingerprint density at radius 2 is 1.74 bits per heavy atom. The van der Waals surface area contributed by atoms with Crippen LogP contribution in [0.1, 0.15) is 60.0 Å². The fraction of sp³-hybridized carbons (Fsp3) is 0.258. The molecule has 214 valence electrons. The summed E-state index contributed by atoms with van der Waals surface area (Å²) >= 11 is 19.6. The molecule has 0 unspecified atom stereocenters. The first-order valence-corrected chi connectivity index (χ1v) is 14.7. The molecular formula is C31H24Cl3N3O5. The number of aliphatic hydroxyl groups is 1. The van der Waals surface area contributed by atoms with E-state index in [0.29, 0.717) is 62.0 Å². The van der Waals surface area contributed by atoms with Crippen LogP contribution in [-0.4, -0.2) is 20.5 Å². The zero-order chi connectivity index (χ0) is 29.0. The van der Waals surface area contributed by atoms with Gasteiger partial charge < -0.3 is 18.8 Å². The second-order valence-electron chi connectivity index (χ2n) is 10.9. The Bertz CT molecular complexity index is 1830. The average molecular weight is 625 g/mol. The molecule has 42 heavy (non-hydrogen) atoms. The number of aromatic amines is 1. The van der Waals surface area contributed by atoms with Crippen molar-refractivity contribution >= 4 is 34.8 Å². The van der Waals surface area contributed by atoms with Crippen LogP contribution in [0.2, 0.25) is 15.1 Å². The van der Waals surface area contributed by atoms with Gasteiger partial charge in [-0.15, -0.1) is 5.10 Å². The Hall–Kier alpha value is -3.56. The van der Waals surface area contributed by atoms with Crippen LogP contribution in [0.25, 0.3) is 22.7 Å². The molecule has 0 atom stereocenters. The lowest BCUT2D eigenvalue weighted by atomic mass is 9.65. The summed E-state index contributed by atoms with van der Waals surface area (Å²) in [5.74, 6) is 1.37. The fourth-order valence-corrected chi connectivity index (χ4v) is 6.58. The van der Waals surface area contributed by atoms with Crippen molar-refractivity contribution in [3.05, 3.63) is 109 Å². The van der Waals surface area contributed by atoms with Crippen LogP contribution < -0.4 is 10.5 Å². The predicted octanol–water partition coefficient (Wildman–Crippen LogP) is 7.87. The first-order chi connectivity index (χ1) is 20.3. The van der Waals surface area contributed by atoms with E-state index in [9.17, 15) is 9.90 Å². The van der Waals surface area contributed by atoms with E-state index < -0.39 is 11.4 Å². The summed E-state index contributed by atoms with van der Waals surface area (Å²) in [5, 5.41) is 23.3. The van der Waals surface area contributed by atoms with E-state index in [4.69, 9.17) is 48.5 Å². The molecule has 5 aromatic rings. The Balaban J connectivity index is 1.07. The molecule has 0 aliphatic heterocycles. The van der Waals surface area contributed by atoms with Gasteiger partial charge >= 0.3 is 5.76 Å². The Kier molecular flexibility index (Phi) is 6.89. The monoisotopic (exact) mass is 623 g/mol. The van der Waals surface area contributed by atoms with Gasteiger partial charge in [-0.25, -0.2) is 9.89 Å². The summed E-state index contributed by atoms with van der Waals surface area (Å²) in [6, 6.07) is 18.3. The third kappa shape index (κ3) is 5.02. The molecule has 2 fully saturated rings. The van der Waals surface area contributed by atoms with Gasteiger partial charge in [0.2, 0.25) is 5.89 Å². The van der Waals surface area contributed by atoms with Gasteiger partial charge in [0.25, 0.3) is 0 Å². The maximum absolute atomic E-state index is 11.4. The zero-order valence-corrected chi connectivity index (χ0v) is 24.3. The third-order valence-corrected chi connectivity index (χ3v) is 8.95. The maximum Gasteiger partial charge on any atom is 0.434 e. The molecule has 11 heteroatoms. The smallest absolute Gasteiger partial charge is 0.434 e. The molecule has 8 nitrogen and oxygen atoms in total. The molecule has 2 N–H and O–H groups in total. The van der Waals surface area contributed by atoms with Gasteiger partial charge in [-0.05, 0) is 73.6 Å². The molecule has 0 bridgehead atoms. The molecule has 2 aliphatic carbocycles. The molecular weight excluding hydrogens is 601 g/mol. The Labute approximate surface area is 255 Å². The van der Waals surface area contributed by atoms with E-state index in [1.165, 1.54) is 0 Å². The minimum atomic E-state index is -1.07. The van der Waals surface area contributed by atoms with Gasteiger partial charge in [0.05, 0.1) is 26.2 Å². The van der Waals surface area contributed by atoms with E-state index in [0.717, 1.165) is 29.7 Å². The summed E-state index contributed by atoms with van der Waals surface area (Å²) in [7, 11) is 0. The van der Waals surface area contributed by atoms with Crippen molar-refractivity contribution in [2.45, 2.75) is 49.7 Å². The zero-order valence-electron chi connectivity index (χ0n) is 22.1. The normalized spacial score (nSPS) is 20.0. The Morgan fingerprint density at radius 3 is 2.43 bits per heavy atom. The lowest BCUT2D eigenvalue weighted by Gasteiger charge is -2.44. The van der Waals surface area contributed by atoms with Gasteiger partial charge in [0.15, 0.2) is 0 Å². The molecule has 2 aliphatic rings. The van der Waals surface area contributed by atoms with Gasteiger partial charge in [0, 0.05) is 22.6 Å². The highest BCUT2D eigenvalue weighted by molar-refractivity contribution is 6.39. The Morgan fingerprint density at radius 1 is 0.976 bits per heavy atom. The maximum atomic E-state index is 11.4. The number of nitrogens with zero attached hydrogens (tertiary/aromatic N) is 2. The van der Waals surface area contributed by atoms with Crippen molar-refractivity contribution in [2.24, 2.45) is 0 Å². The standard InChI is InChI=1S/C31H24Cl3N3O5/c32-23-5-2-6-24(33)26(23)27-21(28(42-37-27)16-7-8-16)15-40-20-9-10-22(25(34)12-20)31(39)13-19(14-31)17-3-1-4-18(11-17)29-35-36-30(38)41-29/h1-6,9-12,16,19,39H,7-8,13-15H2,(H,36,38). The minimum absolute atomic E-state index is 0.108. The van der Waals surface area contributed by atoms with Crippen LogP contribution >= 0.6 is 34.8 Å². The van der Waals surface area contributed by atoms with Crippen molar-refractivity contribution in [3.8, 4) is 28.5 Å². The van der Waals surface area contributed by atoms with Crippen LogP contribution in [0.4, 0.5) is 0 Å². The number of hydrogen-bond acceptors (Lipinski definition) is 7. The molecule has 7 rings (SSSR count). The molecule has 0 spiro atoms. The van der Waals surface area contributed by atoms with E-state index in [1.54, 1.807) is 30.3 Å². The van der Waals surface area contributed by atoms with Crippen molar-refractivity contribution in [3.63, 3.8) is 0 Å². The van der Waals surface area contributed by atoms with Crippen molar-refractivity contribution in [1.82, 2.24) is 15.4 Å². The van der Waals surface area contributed by atoms with Crippen molar-refractivity contribution < 1.29 is 18.8 Å². The highest BCUT2D eigenvalue weighted by atomic mass is 35.5. The molecule has 2 aromatic heterocycles. The molecule has 0 saturated heterocycles. The number of hydrogen-bond donors (Lipinski definition) is 2. The fourth-order valence-electron chi connectivity index (χ4n) is 5.66. The lowest BCUT2D eigenvalue weighted by molar-refractivity contribution is -0.0549. The van der Waals surface area contributed by atoms with E-state index >= 15 is 0 Å². The number of halogens is 3. The van der Waals surface area contributed by atoms with E-state index in [1.807, 2.05) is 30.3 Å². The van der Waals surface area contributed by atoms with Gasteiger partial charge in [-0.2, -0.15) is 0 Å². The number of ether oxygens (including phenoxy) is 1.